The molecule has 0 heterocycles. The maximum atomic E-state index is 7.05. The van der Waals surface area contributed by atoms with Crippen molar-refractivity contribution in [2.24, 2.45) is 0 Å². The maximum Gasteiger partial charge on any atom is 0.0371 e. The lowest BCUT2D eigenvalue weighted by Gasteiger charge is -2.22. The second-order valence-electron chi connectivity index (χ2n) is 3.57. The molecule has 0 aromatic heterocycles. The first-order chi connectivity index (χ1) is 6.65. The van der Waals surface area contributed by atoms with Gasteiger partial charge in [-0.15, -0.1) is 0 Å². The zero-order chi connectivity index (χ0) is 11.0. The van der Waals surface area contributed by atoms with Crippen LogP contribution in [0.15, 0.2) is 11.8 Å². The Kier molecular flexibility index (Phi) is 7.67. The van der Waals surface area contributed by atoms with Crippen molar-refractivity contribution in [1.29, 1.82) is 5.41 Å². The molecular weight excluding hydrogens is 192 g/mol. The average molecular weight is 214 g/mol. The molecule has 3 heteroatoms. The SMILES string of the molecule is CCCC(N/C=C(/C)C=N)C(S)CC. The molecule has 0 radical (unpaired) electrons. The van der Waals surface area contributed by atoms with Crippen LogP contribution in [0, 0.1) is 5.41 Å². The number of hydrogen-bond acceptors (Lipinski definition) is 3. The van der Waals surface area contributed by atoms with Gasteiger partial charge in [0.25, 0.3) is 0 Å². The Hall–Kier alpha value is -0.440. The minimum Gasteiger partial charge on any atom is -0.387 e. The Morgan fingerprint density at radius 1 is 1.50 bits per heavy atom. The zero-order valence-electron chi connectivity index (χ0n) is 9.38. The predicted molar refractivity (Wildman–Crippen MR) is 67.4 cm³/mol. The van der Waals surface area contributed by atoms with Gasteiger partial charge in [-0.25, -0.2) is 0 Å². The summed E-state index contributed by atoms with van der Waals surface area (Å²) in [5.41, 5.74) is 0.947. The Morgan fingerprint density at radius 3 is 2.57 bits per heavy atom. The summed E-state index contributed by atoms with van der Waals surface area (Å²) in [6.45, 7) is 6.25. The third-order valence-corrected chi connectivity index (χ3v) is 2.96. The van der Waals surface area contributed by atoms with Gasteiger partial charge in [-0.05, 0) is 25.3 Å². The highest BCUT2D eigenvalue weighted by Crippen LogP contribution is 2.12. The van der Waals surface area contributed by atoms with Crippen LogP contribution in [0.2, 0.25) is 0 Å². The number of thiol groups is 1. The van der Waals surface area contributed by atoms with E-state index >= 15 is 0 Å². The van der Waals surface area contributed by atoms with Crippen molar-refractivity contribution in [1.82, 2.24) is 5.32 Å². The quantitative estimate of drug-likeness (QED) is 0.442. The van der Waals surface area contributed by atoms with Crippen molar-refractivity contribution >= 4 is 18.8 Å². The van der Waals surface area contributed by atoms with Crippen molar-refractivity contribution in [3.05, 3.63) is 11.8 Å². The van der Waals surface area contributed by atoms with Crippen molar-refractivity contribution in [3.63, 3.8) is 0 Å². The van der Waals surface area contributed by atoms with Crippen molar-refractivity contribution in [2.45, 2.75) is 51.3 Å². The van der Waals surface area contributed by atoms with E-state index in [1.165, 1.54) is 6.21 Å². The molecule has 0 fully saturated rings. The van der Waals surface area contributed by atoms with E-state index in [0.29, 0.717) is 11.3 Å². The Bertz CT molecular complexity index is 190. The summed E-state index contributed by atoms with van der Waals surface area (Å²) < 4.78 is 0. The molecule has 0 aliphatic carbocycles. The fourth-order valence-corrected chi connectivity index (χ4v) is 1.50. The predicted octanol–water partition coefficient (Wildman–Crippen LogP) is 3.01. The zero-order valence-corrected chi connectivity index (χ0v) is 10.3. The lowest BCUT2D eigenvalue weighted by atomic mass is 10.1. The summed E-state index contributed by atoms with van der Waals surface area (Å²) in [4.78, 5) is 0. The van der Waals surface area contributed by atoms with Crippen molar-refractivity contribution in [3.8, 4) is 0 Å². The lowest BCUT2D eigenvalue weighted by Crippen LogP contribution is -2.33. The van der Waals surface area contributed by atoms with E-state index in [0.717, 1.165) is 24.8 Å². The first-order valence-electron chi connectivity index (χ1n) is 5.27. The Balaban J connectivity index is 4.15. The standard InChI is InChI=1S/C11H22N2S/c1-4-6-10(11(14)5-2)13-8-9(3)7-12/h7-8,10-14H,4-6H2,1-3H3/b9-8-,12-7?. The minimum absolute atomic E-state index is 0.393. The highest BCUT2D eigenvalue weighted by molar-refractivity contribution is 7.81. The lowest BCUT2D eigenvalue weighted by molar-refractivity contribution is 0.508. The molecule has 0 bridgehead atoms. The highest BCUT2D eigenvalue weighted by atomic mass is 32.1. The first kappa shape index (κ1) is 13.6. The van der Waals surface area contributed by atoms with Crippen LogP contribution in [0.4, 0.5) is 0 Å². The number of hydrogen-bond donors (Lipinski definition) is 3. The van der Waals surface area contributed by atoms with Crippen LogP contribution in [0.3, 0.4) is 0 Å². The molecule has 2 unspecified atom stereocenters. The number of allylic oxidation sites excluding steroid dienone is 1. The van der Waals surface area contributed by atoms with Gasteiger partial charge in [0.05, 0.1) is 0 Å². The third kappa shape index (κ3) is 5.32. The van der Waals surface area contributed by atoms with Crippen LogP contribution < -0.4 is 5.32 Å². The molecule has 14 heavy (non-hydrogen) atoms. The summed E-state index contributed by atoms with van der Waals surface area (Å²) in [5, 5.41) is 10.8. The van der Waals surface area contributed by atoms with Crippen LogP contribution in [-0.2, 0) is 0 Å². The topological polar surface area (TPSA) is 35.9 Å². The fraction of sp³-hybridized carbons (Fsp3) is 0.727. The molecule has 2 N–H and O–H groups in total. The summed E-state index contributed by atoms with van der Waals surface area (Å²) in [6.07, 6.45) is 6.62. The minimum atomic E-state index is 0.393. The van der Waals surface area contributed by atoms with Crippen molar-refractivity contribution < 1.29 is 0 Å². The van der Waals surface area contributed by atoms with E-state index in [-0.39, 0.29) is 0 Å². The molecule has 2 nitrogen and oxygen atoms in total. The van der Waals surface area contributed by atoms with Gasteiger partial charge < -0.3 is 10.7 Å². The second-order valence-corrected chi connectivity index (χ2v) is 4.23. The van der Waals surface area contributed by atoms with Gasteiger partial charge in [0.15, 0.2) is 0 Å². The van der Waals surface area contributed by atoms with Gasteiger partial charge in [-0.3, -0.25) is 0 Å². The highest BCUT2D eigenvalue weighted by Gasteiger charge is 2.13. The Morgan fingerprint density at radius 2 is 2.14 bits per heavy atom. The van der Waals surface area contributed by atoms with Gasteiger partial charge >= 0.3 is 0 Å². The summed E-state index contributed by atoms with van der Waals surface area (Å²) in [6, 6.07) is 0.420. The first-order valence-corrected chi connectivity index (χ1v) is 5.78. The smallest absolute Gasteiger partial charge is 0.0371 e. The van der Waals surface area contributed by atoms with Gasteiger partial charge in [0.2, 0.25) is 0 Å². The van der Waals surface area contributed by atoms with Gasteiger partial charge in [-0.1, -0.05) is 20.3 Å². The van der Waals surface area contributed by atoms with Crippen LogP contribution in [0.5, 0.6) is 0 Å². The van der Waals surface area contributed by atoms with E-state index in [1.54, 1.807) is 0 Å². The Labute approximate surface area is 93.1 Å². The summed E-state index contributed by atoms with van der Waals surface area (Å²) >= 11 is 4.54. The van der Waals surface area contributed by atoms with Crippen LogP contribution in [0.1, 0.15) is 40.0 Å². The molecular formula is C11H22N2S. The average Bonchev–Trinajstić information content (AvgIpc) is 2.22. The molecule has 0 rings (SSSR count). The molecule has 0 aromatic carbocycles. The van der Waals surface area contributed by atoms with Crippen LogP contribution in [-0.4, -0.2) is 17.5 Å². The molecule has 0 aliphatic rings. The molecule has 0 aromatic rings. The second kappa shape index (κ2) is 7.92. The van der Waals surface area contributed by atoms with Gasteiger partial charge in [0, 0.05) is 23.7 Å². The molecule has 0 amide bonds. The number of nitrogens with one attached hydrogen (secondary N) is 2. The molecule has 82 valence electrons. The van der Waals surface area contributed by atoms with E-state index < -0.39 is 0 Å². The van der Waals surface area contributed by atoms with E-state index in [4.69, 9.17) is 5.41 Å². The number of rotatable bonds is 7. The molecule has 0 spiro atoms. The maximum absolute atomic E-state index is 7.05. The van der Waals surface area contributed by atoms with E-state index in [2.05, 4.69) is 31.8 Å². The van der Waals surface area contributed by atoms with Gasteiger partial charge in [0.1, 0.15) is 0 Å². The largest absolute Gasteiger partial charge is 0.387 e. The summed E-state index contributed by atoms with van der Waals surface area (Å²) in [7, 11) is 0. The van der Waals surface area contributed by atoms with Crippen molar-refractivity contribution in [2.75, 3.05) is 0 Å². The fourth-order valence-electron chi connectivity index (χ4n) is 1.26. The molecule has 0 saturated heterocycles. The summed E-state index contributed by atoms with van der Waals surface area (Å²) in [5.74, 6) is 0. The molecule has 2 atom stereocenters. The molecule has 0 aliphatic heterocycles. The van der Waals surface area contributed by atoms with Crippen LogP contribution in [0.25, 0.3) is 0 Å². The van der Waals surface area contributed by atoms with Crippen LogP contribution >= 0.6 is 12.6 Å². The third-order valence-electron chi connectivity index (χ3n) is 2.24. The van der Waals surface area contributed by atoms with E-state index in [1.807, 2.05) is 13.1 Å². The normalized spacial score (nSPS) is 16.1. The monoisotopic (exact) mass is 214 g/mol. The molecule has 0 saturated carbocycles. The van der Waals surface area contributed by atoms with Gasteiger partial charge in [-0.2, -0.15) is 12.6 Å². The van der Waals surface area contributed by atoms with E-state index in [9.17, 15) is 0 Å².